The Labute approximate surface area is 229 Å². The summed E-state index contributed by atoms with van der Waals surface area (Å²) in [4.78, 5) is 37.6. The van der Waals surface area contributed by atoms with Crippen molar-refractivity contribution in [2.75, 3.05) is 13.1 Å². The molecule has 0 saturated carbocycles. The molecule has 0 heterocycles. The van der Waals surface area contributed by atoms with Gasteiger partial charge in [-0.3, -0.25) is 14.4 Å². The Bertz CT molecular complexity index is 1380. The van der Waals surface area contributed by atoms with Crippen LogP contribution in [-0.4, -0.2) is 67.5 Å². The predicted molar refractivity (Wildman–Crippen MR) is 144 cm³/mol. The zero-order chi connectivity index (χ0) is 29.2. The van der Waals surface area contributed by atoms with E-state index in [-0.39, 0.29) is 29.8 Å². The van der Waals surface area contributed by atoms with Gasteiger partial charge in [0.25, 0.3) is 17.7 Å². The lowest BCUT2D eigenvalue weighted by molar-refractivity contribution is 0.0902. The van der Waals surface area contributed by atoms with Crippen LogP contribution in [0.4, 0.5) is 0 Å². The maximum Gasteiger partial charge on any atom is 0.255 e. The van der Waals surface area contributed by atoms with Crippen LogP contribution in [-0.2, 0) is 0 Å². The summed E-state index contributed by atoms with van der Waals surface area (Å²) in [6, 6.07) is 11.4. The molecule has 12 nitrogen and oxygen atoms in total. The molecule has 212 valence electrons. The topological polar surface area (TPSA) is 209 Å². The third-order valence-electron chi connectivity index (χ3n) is 6.14. The van der Waals surface area contributed by atoms with Gasteiger partial charge in [0.2, 0.25) is 0 Å². The lowest BCUT2D eigenvalue weighted by Crippen LogP contribution is -2.43. The Morgan fingerprint density at radius 1 is 0.575 bits per heavy atom. The van der Waals surface area contributed by atoms with Gasteiger partial charge in [-0.1, -0.05) is 31.0 Å². The molecule has 3 aromatic rings. The number of phenols is 6. The lowest BCUT2D eigenvalue weighted by atomic mass is 10.1. The molecular weight excluding hydrogens is 522 g/mol. The van der Waals surface area contributed by atoms with Gasteiger partial charge in [0, 0.05) is 19.1 Å². The second kappa shape index (κ2) is 13.6. The van der Waals surface area contributed by atoms with Crippen LogP contribution in [0.15, 0.2) is 54.6 Å². The van der Waals surface area contributed by atoms with Crippen molar-refractivity contribution in [1.82, 2.24) is 16.0 Å². The van der Waals surface area contributed by atoms with E-state index >= 15 is 0 Å². The average molecular weight is 554 g/mol. The quantitative estimate of drug-likeness (QED) is 0.119. The molecule has 0 spiro atoms. The van der Waals surface area contributed by atoms with Gasteiger partial charge >= 0.3 is 0 Å². The molecule has 0 aliphatic heterocycles. The average Bonchev–Trinajstić information content (AvgIpc) is 2.93. The molecule has 0 aliphatic carbocycles. The fraction of sp³-hybridized carbons (Fsp3) is 0.250. The summed E-state index contributed by atoms with van der Waals surface area (Å²) in [5, 5.41) is 66.7. The monoisotopic (exact) mass is 553 g/mol. The zero-order valence-corrected chi connectivity index (χ0v) is 21.4. The van der Waals surface area contributed by atoms with E-state index in [1.54, 1.807) is 0 Å². The first kappa shape index (κ1) is 29.4. The molecule has 0 radical (unpaired) electrons. The summed E-state index contributed by atoms with van der Waals surface area (Å²) in [5.41, 5.74) is -0.351. The Kier molecular flexibility index (Phi) is 10.0. The fourth-order valence-corrected chi connectivity index (χ4v) is 3.93. The predicted octanol–water partition coefficient (Wildman–Crippen LogP) is 2.44. The van der Waals surface area contributed by atoms with Crippen molar-refractivity contribution < 1.29 is 45.0 Å². The van der Waals surface area contributed by atoms with Gasteiger partial charge in [0.15, 0.2) is 34.5 Å². The molecule has 0 aromatic heterocycles. The van der Waals surface area contributed by atoms with Gasteiger partial charge in [-0.2, -0.15) is 0 Å². The SMILES string of the molecule is O=C(NCCCCC[C@H](CNC(=O)c1cccc(O)c1O)NC(=O)c1cccc(O)c1O)c1cccc(O)c1O. The third kappa shape index (κ3) is 7.47. The Hall–Kier alpha value is -5.13. The summed E-state index contributed by atoms with van der Waals surface area (Å²) in [7, 11) is 0. The molecular formula is C28H31N3O9. The minimum absolute atomic E-state index is 0.0488. The number of para-hydroxylation sites is 3. The van der Waals surface area contributed by atoms with E-state index in [4.69, 9.17) is 0 Å². The van der Waals surface area contributed by atoms with Crippen molar-refractivity contribution in [1.29, 1.82) is 0 Å². The molecule has 3 rings (SSSR count). The number of aromatic hydroxyl groups is 6. The molecule has 0 unspecified atom stereocenters. The second-order valence-corrected chi connectivity index (χ2v) is 9.01. The van der Waals surface area contributed by atoms with Crippen LogP contribution in [0.2, 0.25) is 0 Å². The second-order valence-electron chi connectivity index (χ2n) is 9.01. The van der Waals surface area contributed by atoms with E-state index in [0.29, 0.717) is 25.7 Å². The van der Waals surface area contributed by atoms with Crippen molar-refractivity contribution in [3.63, 3.8) is 0 Å². The first-order chi connectivity index (χ1) is 19.1. The Morgan fingerprint density at radius 2 is 1.02 bits per heavy atom. The van der Waals surface area contributed by atoms with Crippen LogP contribution in [0.25, 0.3) is 0 Å². The summed E-state index contributed by atoms with van der Waals surface area (Å²) in [6.45, 7) is 0.238. The summed E-state index contributed by atoms with van der Waals surface area (Å²) in [6.07, 6.45) is 2.14. The number of hydrogen-bond acceptors (Lipinski definition) is 9. The molecule has 40 heavy (non-hydrogen) atoms. The molecule has 0 saturated heterocycles. The highest BCUT2D eigenvalue weighted by Crippen LogP contribution is 2.30. The van der Waals surface area contributed by atoms with Gasteiger partial charge in [-0.05, 0) is 49.2 Å². The van der Waals surface area contributed by atoms with Crippen LogP contribution in [0.1, 0.15) is 56.8 Å². The van der Waals surface area contributed by atoms with Crippen LogP contribution < -0.4 is 16.0 Å². The number of phenolic OH excluding ortho intramolecular Hbond substituents is 6. The lowest BCUT2D eigenvalue weighted by Gasteiger charge is -2.20. The highest BCUT2D eigenvalue weighted by Gasteiger charge is 2.20. The van der Waals surface area contributed by atoms with Crippen LogP contribution in [0.3, 0.4) is 0 Å². The molecule has 9 N–H and O–H groups in total. The molecule has 0 fully saturated rings. The van der Waals surface area contributed by atoms with E-state index in [1.807, 2.05) is 0 Å². The Balaban J connectivity index is 1.56. The molecule has 0 bridgehead atoms. The Morgan fingerprint density at radius 3 is 1.52 bits per heavy atom. The maximum atomic E-state index is 12.8. The van der Waals surface area contributed by atoms with Crippen LogP contribution in [0.5, 0.6) is 34.5 Å². The van der Waals surface area contributed by atoms with Crippen molar-refractivity contribution in [2.24, 2.45) is 0 Å². The minimum Gasteiger partial charge on any atom is -0.504 e. The highest BCUT2D eigenvalue weighted by atomic mass is 16.3. The number of nitrogens with one attached hydrogen (secondary N) is 3. The number of carbonyl (C=O) groups excluding carboxylic acids is 3. The number of hydrogen-bond donors (Lipinski definition) is 9. The molecule has 3 amide bonds. The fourth-order valence-electron chi connectivity index (χ4n) is 3.93. The van der Waals surface area contributed by atoms with E-state index in [9.17, 15) is 45.0 Å². The molecule has 12 heteroatoms. The van der Waals surface area contributed by atoms with E-state index in [2.05, 4.69) is 16.0 Å². The highest BCUT2D eigenvalue weighted by molar-refractivity contribution is 5.99. The smallest absolute Gasteiger partial charge is 0.255 e. The van der Waals surface area contributed by atoms with Gasteiger partial charge < -0.3 is 46.6 Å². The maximum absolute atomic E-state index is 12.8. The summed E-state index contributed by atoms with van der Waals surface area (Å²) >= 11 is 0. The summed E-state index contributed by atoms with van der Waals surface area (Å²) < 4.78 is 0. The first-order valence-corrected chi connectivity index (χ1v) is 12.5. The standard InChI is InChI=1S/C28H31N3O9/c32-20-11-4-8-17(23(20)35)26(38)29-14-3-1-2-7-16(31-28(40)19-10-6-13-22(34)25(19)37)15-30-27(39)18-9-5-12-21(33)24(18)36/h4-6,8-13,16,32-37H,1-3,7,14-15H2,(H,29,38)(H,30,39)(H,31,40)/t16-/m1/s1. The molecule has 1 atom stereocenters. The number of rotatable bonds is 12. The van der Waals surface area contributed by atoms with Crippen LogP contribution in [0, 0.1) is 0 Å². The van der Waals surface area contributed by atoms with Gasteiger partial charge in [-0.15, -0.1) is 0 Å². The molecule has 3 aromatic carbocycles. The summed E-state index contributed by atoms with van der Waals surface area (Å²) in [5.74, 6) is -4.86. The number of carbonyl (C=O) groups is 3. The van der Waals surface area contributed by atoms with Crippen molar-refractivity contribution >= 4 is 17.7 Å². The zero-order valence-electron chi connectivity index (χ0n) is 21.4. The van der Waals surface area contributed by atoms with Crippen molar-refractivity contribution in [2.45, 2.75) is 31.7 Å². The number of amides is 3. The number of unbranched alkanes of at least 4 members (excludes halogenated alkanes) is 2. The van der Waals surface area contributed by atoms with E-state index < -0.39 is 58.3 Å². The van der Waals surface area contributed by atoms with Gasteiger partial charge in [0.1, 0.15) is 0 Å². The normalized spacial score (nSPS) is 11.4. The third-order valence-corrected chi connectivity index (χ3v) is 6.14. The first-order valence-electron chi connectivity index (χ1n) is 12.5. The van der Waals surface area contributed by atoms with Crippen molar-refractivity contribution in [3.05, 3.63) is 71.3 Å². The van der Waals surface area contributed by atoms with Crippen molar-refractivity contribution in [3.8, 4) is 34.5 Å². The largest absolute Gasteiger partial charge is 0.504 e. The van der Waals surface area contributed by atoms with Gasteiger partial charge in [0.05, 0.1) is 16.7 Å². The van der Waals surface area contributed by atoms with E-state index in [0.717, 1.165) is 0 Å². The van der Waals surface area contributed by atoms with E-state index in [1.165, 1.54) is 54.6 Å². The minimum atomic E-state index is -0.675. The van der Waals surface area contributed by atoms with Crippen LogP contribution >= 0.6 is 0 Å². The van der Waals surface area contributed by atoms with Gasteiger partial charge in [-0.25, -0.2) is 0 Å². The number of benzene rings is 3. The molecule has 0 aliphatic rings.